The van der Waals surface area contributed by atoms with Crippen molar-refractivity contribution in [1.29, 1.82) is 0 Å². The molecule has 1 aliphatic rings. The molecule has 1 aromatic carbocycles. The molecule has 0 saturated heterocycles. The number of aryl methyl sites for hydroxylation is 1. The molecule has 1 amide bonds. The normalized spacial score (nSPS) is 16.2. The molecular formula is C20H27BN2O. The van der Waals surface area contributed by atoms with Gasteiger partial charge in [0.05, 0.1) is 5.56 Å². The average molecular weight is 322 g/mol. The first kappa shape index (κ1) is 17.1. The highest BCUT2D eigenvalue weighted by molar-refractivity contribution is 6.40. The van der Waals surface area contributed by atoms with Crippen molar-refractivity contribution in [3.05, 3.63) is 30.0 Å². The van der Waals surface area contributed by atoms with Crippen LogP contribution in [-0.2, 0) is 6.54 Å². The number of carbonyl (C=O) groups is 1. The minimum absolute atomic E-state index is 0.0111. The molecule has 1 aliphatic carbocycles. The second-order valence-electron chi connectivity index (χ2n) is 7.05. The number of nitrogens with zero attached hydrogens (tertiary/aromatic N) is 1. The number of amides is 1. The number of aromatic nitrogens is 1. The van der Waals surface area contributed by atoms with Crippen LogP contribution in [0.5, 0.6) is 0 Å². The Hall–Kier alpha value is -1.71. The van der Waals surface area contributed by atoms with Crippen molar-refractivity contribution in [1.82, 2.24) is 9.88 Å². The zero-order valence-electron chi connectivity index (χ0n) is 14.7. The summed E-state index contributed by atoms with van der Waals surface area (Å²) in [6.45, 7) is 3.83. The molecule has 1 N–H and O–H groups in total. The molecule has 24 heavy (non-hydrogen) atoms. The van der Waals surface area contributed by atoms with Gasteiger partial charge in [0.15, 0.2) is 0 Å². The molecule has 4 heteroatoms. The minimum Gasteiger partial charge on any atom is -0.352 e. The third-order valence-corrected chi connectivity index (χ3v) is 5.17. The number of nitrogens with one attached hydrogen (secondary N) is 1. The average Bonchev–Trinajstić information content (AvgIpc) is 2.77. The fraction of sp³-hybridized carbons (Fsp3) is 0.550. The third kappa shape index (κ3) is 3.68. The highest BCUT2D eigenvalue weighted by atomic mass is 16.1. The van der Waals surface area contributed by atoms with Crippen molar-refractivity contribution in [2.75, 3.05) is 6.54 Å². The van der Waals surface area contributed by atoms with E-state index in [1.807, 2.05) is 24.4 Å². The van der Waals surface area contributed by atoms with Crippen LogP contribution in [0.25, 0.3) is 10.9 Å². The van der Waals surface area contributed by atoms with Gasteiger partial charge in [-0.05, 0) is 31.2 Å². The van der Waals surface area contributed by atoms with E-state index in [9.17, 15) is 4.79 Å². The van der Waals surface area contributed by atoms with Gasteiger partial charge in [0.2, 0.25) is 0 Å². The summed E-state index contributed by atoms with van der Waals surface area (Å²) in [7, 11) is 6.17. The molecular weight excluding hydrogens is 295 g/mol. The van der Waals surface area contributed by atoms with Gasteiger partial charge in [-0.25, -0.2) is 0 Å². The Kier molecular flexibility index (Phi) is 5.65. The maximum atomic E-state index is 12.8. The summed E-state index contributed by atoms with van der Waals surface area (Å²) in [6, 6.07) is 5.88. The largest absolute Gasteiger partial charge is 0.352 e. The van der Waals surface area contributed by atoms with E-state index in [1.165, 1.54) is 38.5 Å². The van der Waals surface area contributed by atoms with E-state index < -0.39 is 0 Å². The van der Waals surface area contributed by atoms with Crippen LogP contribution < -0.4 is 10.8 Å². The van der Waals surface area contributed by atoms with E-state index in [0.717, 1.165) is 30.4 Å². The summed E-state index contributed by atoms with van der Waals surface area (Å²) in [6.07, 6.45) is 10.7. The van der Waals surface area contributed by atoms with E-state index >= 15 is 0 Å². The van der Waals surface area contributed by atoms with E-state index in [0.29, 0.717) is 16.9 Å². The van der Waals surface area contributed by atoms with Gasteiger partial charge in [-0.2, -0.15) is 0 Å². The maximum absolute atomic E-state index is 12.8. The Balaban J connectivity index is 1.78. The minimum atomic E-state index is 0.0111. The maximum Gasteiger partial charge on any atom is 0.253 e. The highest BCUT2D eigenvalue weighted by Crippen LogP contribution is 2.23. The molecule has 0 unspecified atom stereocenters. The Morgan fingerprint density at radius 2 is 2.00 bits per heavy atom. The quantitative estimate of drug-likeness (QED) is 0.663. The number of fused-ring (bicyclic) bond motifs is 1. The lowest BCUT2D eigenvalue weighted by Gasteiger charge is -2.14. The van der Waals surface area contributed by atoms with Crippen molar-refractivity contribution in [2.24, 2.45) is 5.92 Å². The van der Waals surface area contributed by atoms with Crippen LogP contribution in [0.1, 0.15) is 62.2 Å². The summed E-state index contributed by atoms with van der Waals surface area (Å²) in [5.41, 5.74) is 2.45. The van der Waals surface area contributed by atoms with Gasteiger partial charge >= 0.3 is 0 Å². The molecule has 3 rings (SSSR count). The zero-order valence-corrected chi connectivity index (χ0v) is 14.7. The summed E-state index contributed by atoms with van der Waals surface area (Å²) in [5.74, 6) is 0.634. The number of rotatable bonds is 5. The molecule has 0 spiro atoms. The van der Waals surface area contributed by atoms with Gasteiger partial charge in [0, 0.05) is 30.2 Å². The summed E-state index contributed by atoms with van der Waals surface area (Å²) in [4.78, 5) is 12.8. The lowest BCUT2D eigenvalue weighted by molar-refractivity contribution is 0.0947. The number of hydrogen-bond donors (Lipinski definition) is 1. The van der Waals surface area contributed by atoms with Gasteiger partial charge in [-0.1, -0.05) is 50.2 Å². The van der Waals surface area contributed by atoms with Crippen molar-refractivity contribution in [2.45, 2.75) is 58.4 Å². The molecule has 0 aliphatic heterocycles. The predicted octanol–water partition coefficient (Wildman–Crippen LogP) is 3.55. The number of carbonyl (C=O) groups excluding carboxylic acids is 1. The molecule has 1 saturated carbocycles. The van der Waals surface area contributed by atoms with Gasteiger partial charge in [-0.3, -0.25) is 4.79 Å². The lowest BCUT2D eigenvalue weighted by Crippen LogP contribution is -2.29. The monoisotopic (exact) mass is 322 g/mol. The standard InChI is InChI=1S/C20H27BN2O/c1-2-12-23-14-16(19-17(21)10-7-11-18(19)23)20(24)22-13-15-8-5-3-4-6-9-15/h7,10-11,14-15H,2-6,8-9,12-13H2,1H3,(H,22,24). The topological polar surface area (TPSA) is 34.0 Å². The fourth-order valence-corrected chi connectivity index (χ4v) is 3.88. The van der Waals surface area contributed by atoms with Crippen LogP contribution in [0.3, 0.4) is 0 Å². The van der Waals surface area contributed by atoms with E-state index in [1.54, 1.807) is 0 Å². The third-order valence-electron chi connectivity index (χ3n) is 5.17. The Morgan fingerprint density at radius 1 is 1.25 bits per heavy atom. The van der Waals surface area contributed by atoms with Gasteiger partial charge in [0.1, 0.15) is 7.85 Å². The molecule has 126 valence electrons. The highest BCUT2D eigenvalue weighted by Gasteiger charge is 2.18. The Bertz CT molecular complexity index is 699. The van der Waals surface area contributed by atoms with Gasteiger partial charge < -0.3 is 9.88 Å². The first-order valence-corrected chi connectivity index (χ1v) is 9.36. The van der Waals surface area contributed by atoms with Crippen molar-refractivity contribution in [3.63, 3.8) is 0 Å². The van der Waals surface area contributed by atoms with Gasteiger partial charge in [-0.15, -0.1) is 0 Å². The molecule has 1 aromatic heterocycles. The second-order valence-corrected chi connectivity index (χ2v) is 7.05. The van der Waals surface area contributed by atoms with Gasteiger partial charge in [0.25, 0.3) is 5.91 Å². The molecule has 3 nitrogen and oxygen atoms in total. The second kappa shape index (κ2) is 7.91. The van der Waals surface area contributed by atoms with Crippen LogP contribution in [-0.4, -0.2) is 24.9 Å². The summed E-state index contributed by atoms with van der Waals surface area (Å²) in [5, 5.41) is 4.06. The summed E-state index contributed by atoms with van der Waals surface area (Å²) >= 11 is 0. The Labute approximate surface area is 146 Å². The predicted molar refractivity (Wildman–Crippen MR) is 101 cm³/mol. The van der Waals surface area contributed by atoms with Crippen LogP contribution in [0, 0.1) is 5.92 Å². The van der Waals surface area contributed by atoms with Crippen molar-refractivity contribution in [3.8, 4) is 0 Å². The van der Waals surface area contributed by atoms with Crippen LogP contribution in [0.15, 0.2) is 24.4 Å². The zero-order chi connectivity index (χ0) is 16.9. The van der Waals surface area contributed by atoms with E-state index in [2.05, 4.69) is 16.8 Å². The van der Waals surface area contributed by atoms with Crippen molar-refractivity contribution < 1.29 is 4.79 Å². The smallest absolute Gasteiger partial charge is 0.253 e. The lowest BCUT2D eigenvalue weighted by atomic mass is 9.90. The molecule has 0 bridgehead atoms. The van der Waals surface area contributed by atoms with Crippen LogP contribution >= 0.6 is 0 Å². The first-order valence-electron chi connectivity index (χ1n) is 9.36. The Morgan fingerprint density at radius 3 is 2.71 bits per heavy atom. The van der Waals surface area contributed by atoms with Crippen LogP contribution in [0.2, 0.25) is 0 Å². The van der Waals surface area contributed by atoms with E-state index in [-0.39, 0.29) is 5.91 Å². The SMILES string of the molecule is [B]c1cccc2c1c(C(=O)NCC1CCCCCC1)cn2CCC. The first-order chi connectivity index (χ1) is 11.7. The number of benzene rings is 1. The van der Waals surface area contributed by atoms with Crippen LogP contribution in [0.4, 0.5) is 0 Å². The molecule has 1 fully saturated rings. The van der Waals surface area contributed by atoms with Crippen molar-refractivity contribution >= 4 is 30.1 Å². The number of hydrogen-bond acceptors (Lipinski definition) is 1. The van der Waals surface area contributed by atoms with E-state index in [4.69, 9.17) is 7.85 Å². The molecule has 1 heterocycles. The fourth-order valence-electron chi connectivity index (χ4n) is 3.88. The molecule has 2 radical (unpaired) electrons. The molecule has 0 atom stereocenters. The molecule has 2 aromatic rings. The summed E-state index contributed by atoms with van der Waals surface area (Å²) < 4.78 is 2.15.